The van der Waals surface area contributed by atoms with Gasteiger partial charge in [-0.25, -0.2) is 4.39 Å². The summed E-state index contributed by atoms with van der Waals surface area (Å²) in [5.41, 5.74) is 2.34. The minimum atomic E-state index is -0.927. The fourth-order valence-corrected chi connectivity index (χ4v) is 4.90. The molecule has 0 aliphatic heterocycles. The lowest BCUT2D eigenvalue weighted by Gasteiger charge is -2.28. The Balaban J connectivity index is 1.58. The Hall–Kier alpha value is -2.42. The average molecular weight is 409 g/mol. The van der Waals surface area contributed by atoms with Gasteiger partial charge < -0.3 is 4.74 Å². The van der Waals surface area contributed by atoms with E-state index in [0.29, 0.717) is 18.1 Å². The van der Waals surface area contributed by atoms with E-state index in [9.17, 15) is 8.78 Å². The van der Waals surface area contributed by atoms with Crippen molar-refractivity contribution in [1.29, 1.82) is 0 Å². The number of rotatable bonds is 6. The van der Waals surface area contributed by atoms with Crippen LogP contribution in [-0.4, -0.2) is 6.61 Å². The van der Waals surface area contributed by atoms with Crippen LogP contribution in [0, 0.1) is 17.6 Å². The molecule has 0 bridgehead atoms. The Bertz CT molecular complexity index is 1020. The summed E-state index contributed by atoms with van der Waals surface area (Å²) in [6, 6.07) is 15.5. The van der Waals surface area contributed by atoms with Crippen LogP contribution in [0.15, 0.2) is 48.5 Å². The highest BCUT2D eigenvalue weighted by Crippen LogP contribution is 2.39. The molecule has 30 heavy (non-hydrogen) atoms. The summed E-state index contributed by atoms with van der Waals surface area (Å²) in [7, 11) is 0. The van der Waals surface area contributed by atoms with Crippen molar-refractivity contribution >= 4 is 10.8 Å². The van der Waals surface area contributed by atoms with Gasteiger partial charge in [0.1, 0.15) is 0 Å². The molecule has 3 heteroatoms. The summed E-state index contributed by atoms with van der Waals surface area (Å²) in [5, 5.41) is 2.20. The van der Waals surface area contributed by atoms with Crippen LogP contribution in [-0.2, 0) is 0 Å². The second-order valence-corrected chi connectivity index (χ2v) is 8.50. The average Bonchev–Trinajstić information content (AvgIpc) is 2.77. The SMILES string of the molecule is CCCC1CCC(c2ccc3cc(-c4ccc(OCC)c(F)c4F)ccc3c2)CC1. The molecule has 0 aromatic heterocycles. The molecular formula is C27H30F2O. The van der Waals surface area contributed by atoms with Crippen LogP contribution in [0.1, 0.15) is 63.9 Å². The van der Waals surface area contributed by atoms with Crippen molar-refractivity contribution in [3.63, 3.8) is 0 Å². The Morgan fingerprint density at radius 1 is 0.833 bits per heavy atom. The molecule has 0 unspecified atom stereocenters. The molecule has 0 amide bonds. The van der Waals surface area contributed by atoms with Crippen LogP contribution < -0.4 is 4.74 Å². The Labute approximate surface area is 178 Å². The molecule has 3 aromatic rings. The highest BCUT2D eigenvalue weighted by atomic mass is 19.2. The van der Waals surface area contributed by atoms with Gasteiger partial charge in [0, 0.05) is 5.56 Å². The molecule has 1 aliphatic carbocycles. The Kier molecular flexibility index (Phi) is 6.36. The van der Waals surface area contributed by atoms with Crippen LogP contribution >= 0.6 is 0 Å². The van der Waals surface area contributed by atoms with Gasteiger partial charge in [0.25, 0.3) is 0 Å². The number of ether oxygens (including phenoxy) is 1. The third kappa shape index (κ3) is 4.21. The van der Waals surface area contributed by atoms with Crippen LogP contribution in [0.5, 0.6) is 5.75 Å². The van der Waals surface area contributed by atoms with Gasteiger partial charge >= 0.3 is 0 Å². The number of hydrogen-bond acceptors (Lipinski definition) is 1. The molecule has 1 nitrogen and oxygen atoms in total. The maximum Gasteiger partial charge on any atom is 0.201 e. The number of benzene rings is 3. The zero-order valence-electron chi connectivity index (χ0n) is 17.9. The largest absolute Gasteiger partial charge is 0.491 e. The molecule has 4 rings (SSSR count). The predicted molar refractivity (Wildman–Crippen MR) is 120 cm³/mol. The first-order valence-electron chi connectivity index (χ1n) is 11.3. The third-order valence-corrected chi connectivity index (χ3v) is 6.54. The molecule has 1 aliphatic rings. The first-order valence-corrected chi connectivity index (χ1v) is 11.3. The van der Waals surface area contributed by atoms with E-state index in [1.807, 2.05) is 18.2 Å². The van der Waals surface area contributed by atoms with Crippen molar-refractivity contribution in [1.82, 2.24) is 0 Å². The zero-order chi connectivity index (χ0) is 21.1. The van der Waals surface area contributed by atoms with Gasteiger partial charge in [-0.15, -0.1) is 0 Å². The van der Waals surface area contributed by atoms with Gasteiger partial charge in [0.15, 0.2) is 11.6 Å². The molecule has 158 valence electrons. The second-order valence-electron chi connectivity index (χ2n) is 8.50. The summed E-state index contributed by atoms with van der Waals surface area (Å²) < 4.78 is 34.0. The minimum absolute atomic E-state index is 0.0437. The topological polar surface area (TPSA) is 9.23 Å². The van der Waals surface area contributed by atoms with Gasteiger partial charge in [-0.3, -0.25) is 0 Å². The maximum atomic E-state index is 14.6. The Morgan fingerprint density at radius 3 is 2.30 bits per heavy atom. The van der Waals surface area contributed by atoms with E-state index in [2.05, 4.69) is 25.1 Å². The summed E-state index contributed by atoms with van der Waals surface area (Å²) in [6.45, 7) is 4.32. The highest BCUT2D eigenvalue weighted by Gasteiger charge is 2.22. The number of hydrogen-bond donors (Lipinski definition) is 0. The molecule has 0 saturated heterocycles. The normalized spacial score (nSPS) is 19.2. The van der Waals surface area contributed by atoms with Crippen molar-refractivity contribution in [2.45, 2.75) is 58.3 Å². The van der Waals surface area contributed by atoms with Crippen LogP contribution in [0.4, 0.5) is 8.78 Å². The first-order chi connectivity index (χ1) is 14.6. The highest BCUT2D eigenvalue weighted by molar-refractivity contribution is 5.88. The zero-order valence-corrected chi connectivity index (χ0v) is 17.9. The van der Waals surface area contributed by atoms with Crippen molar-refractivity contribution in [3.05, 3.63) is 65.7 Å². The maximum absolute atomic E-state index is 14.6. The molecule has 1 saturated carbocycles. The molecular weight excluding hydrogens is 378 g/mol. The molecule has 1 fully saturated rings. The summed E-state index contributed by atoms with van der Waals surface area (Å²) >= 11 is 0. The molecule has 0 heterocycles. The lowest BCUT2D eigenvalue weighted by atomic mass is 9.77. The molecule has 0 atom stereocenters. The van der Waals surface area contributed by atoms with Gasteiger partial charge in [-0.05, 0) is 84.5 Å². The summed E-state index contributed by atoms with van der Waals surface area (Å²) in [4.78, 5) is 0. The van der Waals surface area contributed by atoms with Gasteiger partial charge in [-0.2, -0.15) is 4.39 Å². The second kappa shape index (κ2) is 9.16. The van der Waals surface area contributed by atoms with Gasteiger partial charge in [0.05, 0.1) is 6.61 Å². The monoisotopic (exact) mass is 408 g/mol. The smallest absolute Gasteiger partial charge is 0.201 e. The molecule has 3 aromatic carbocycles. The number of halogens is 2. The van der Waals surface area contributed by atoms with Crippen molar-refractivity contribution in [2.24, 2.45) is 5.92 Å². The van der Waals surface area contributed by atoms with Gasteiger partial charge in [-0.1, -0.05) is 50.1 Å². The summed E-state index contributed by atoms with van der Waals surface area (Å²) in [6.07, 6.45) is 7.84. The lowest BCUT2D eigenvalue weighted by molar-refractivity contribution is 0.308. The molecule has 0 spiro atoms. The van der Waals surface area contributed by atoms with E-state index < -0.39 is 11.6 Å². The first kappa shape index (κ1) is 20.8. The molecule has 0 N–H and O–H groups in total. The lowest BCUT2D eigenvalue weighted by Crippen LogP contribution is -2.13. The fourth-order valence-electron chi connectivity index (χ4n) is 4.90. The molecule has 0 radical (unpaired) electrons. The quantitative estimate of drug-likeness (QED) is 0.399. The minimum Gasteiger partial charge on any atom is -0.491 e. The van der Waals surface area contributed by atoms with E-state index in [-0.39, 0.29) is 11.3 Å². The van der Waals surface area contributed by atoms with Crippen LogP contribution in [0.3, 0.4) is 0 Å². The predicted octanol–water partition coefficient (Wildman–Crippen LogP) is 8.26. The van der Waals surface area contributed by atoms with Gasteiger partial charge in [0.2, 0.25) is 5.82 Å². The standard InChI is InChI=1S/C27H30F2O/c1-3-5-18-6-8-19(9-7-18)20-10-11-22-17-23(13-12-21(22)16-20)24-14-15-25(30-4-2)27(29)26(24)28/h10-19H,3-9H2,1-2H3. The summed E-state index contributed by atoms with van der Waals surface area (Å²) in [5.74, 6) is -0.291. The number of fused-ring (bicyclic) bond motifs is 1. The Morgan fingerprint density at radius 2 is 1.57 bits per heavy atom. The van der Waals surface area contributed by atoms with E-state index in [1.165, 1.54) is 50.2 Å². The van der Waals surface area contributed by atoms with E-state index in [4.69, 9.17) is 4.74 Å². The van der Waals surface area contributed by atoms with E-state index in [1.54, 1.807) is 13.0 Å². The van der Waals surface area contributed by atoms with E-state index >= 15 is 0 Å². The fraction of sp³-hybridized carbons (Fsp3) is 0.407. The van der Waals surface area contributed by atoms with Crippen molar-refractivity contribution < 1.29 is 13.5 Å². The van der Waals surface area contributed by atoms with Crippen LogP contribution in [0.2, 0.25) is 0 Å². The van der Waals surface area contributed by atoms with Crippen LogP contribution in [0.25, 0.3) is 21.9 Å². The third-order valence-electron chi connectivity index (χ3n) is 6.54. The van der Waals surface area contributed by atoms with Crippen molar-refractivity contribution in [3.8, 4) is 16.9 Å². The van der Waals surface area contributed by atoms with Crippen molar-refractivity contribution in [2.75, 3.05) is 6.61 Å². The van der Waals surface area contributed by atoms with E-state index in [0.717, 1.165) is 16.7 Å².